The average Bonchev–Trinajstić information content (AvgIpc) is 2.06. The van der Waals surface area contributed by atoms with Gasteiger partial charge in [0.25, 0.3) is 0 Å². The molecule has 0 bridgehead atoms. The fourth-order valence-electron chi connectivity index (χ4n) is 1.86. The van der Waals surface area contributed by atoms with E-state index in [0.29, 0.717) is 0 Å². The van der Waals surface area contributed by atoms with Gasteiger partial charge in [0.15, 0.2) is 0 Å². The van der Waals surface area contributed by atoms with Crippen molar-refractivity contribution in [2.45, 2.75) is 43.0 Å². The Morgan fingerprint density at radius 3 is 2.33 bits per heavy atom. The van der Waals surface area contributed by atoms with Gasteiger partial charge in [0.1, 0.15) is 0 Å². The fourth-order valence-corrected chi connectivity index (χ4v) is 3.15. The average molecular weight is 252 g/mol. The molecule has 0 saturated heterocycles. The molecule has 0 radical (unpaired) electrons. The number of hydrogen-bond donors (Lipinski definition) is 2. The zero-order chi connectivity index (χ0) is 8.97. The van der Waals surface area contributed by atoms with Crippen molar-refractivity contribution in [2.75, 3.05) is 0 Å². The van der Waals surface area contributed by atoms with Gasteiger partial charge in [0.2, 0.25) is 0 Å². The molecule has 2 atom stereocenters. The molecule has 2 nitrogen and oxygen atoms in total. The normalized spacial score (nSPS) is 23.0. The van der Waals surface area contributed by atoms with Gasteiger partial charge in [0, 0.05) is 0 Å². The van der Waals surface area contributed by atoms with Crippen LogP contribution >= 0.6 is 8.38 Å². The fraction of sp³-hybridized carbons (Fsp3) is 1.00. The third-order valence-electron chi connectivity index (χ3n) is 2.60. The number of rotatable bonds is 3. The van der Waals surface area contributed by atoms with Gasteiger partial charge in [-0.05, 0) is 0 Å². The summed E-state index contributed by atoms with van der Waals surface area (Å²) in [5.41, 5.74) is 0. The third-order valence-corrected chi connectivity index (χ3v) is 5.65. The summed E-state index contributed by atoms with van der Waals surface area (Å²) in [6, 6.07) is 0. The Labute approximate surface area is 84.2 Å². The Kier molecular flexibility index (Phi) is 5.13. The van der Waals surface area contributed by atoms with Crippen LogP contribution in [0.15, 0.2) is 0 Å². The van der Waals surface area contributed by atoms with E-state index in [-0.39, 0.29) is 4.45 Å². The van der Waals surface area contributed by atoms with Crippen molar-refractivity contribution >= 4 is 25.2 Å². The van der Waals surface area contributed by atoms with Crippen LogP contribution in [0, 0.1) is 5.92 Å². The zero-order valence-electron chi connectivity index (χ0n) is 7.32. The molecule has 1 aliphatic rings. The maximum absolute atomic E-state index is 8.99. The predicted octanol–water partition coefficient (Wildman–Crippen LogP) is 1.21. The molecule has 0 amide bonds. The molecule has 4 heteroatoms. The molecule has 0 aromatic heterocycles. The Balaban J connectivity index is 2.20. The molecule has 1 saturated carbocycles. The Bertz CT molecular complexity index is 126. The molecular formula is C8H18AsO2P. The summed E-state index contributed by atoms with van der Waals surface area (Å²) in [6.07, 6.45) is 7.73. The second-order valence-electron chi connectivity index (χ2n) is 3.63. The van der Waals surface area contributed by atoms with Crippen molar-refractivity contribution in [3.05, 3.63) is 0 Å². The van der Waals surface area contributed by atoms with Crippen LogP contribution in [0.5, 0.6) is 0 Å². The second kappa shape index (κ2) is 5.60. The van der Waals surface area contributed by atoms with Crippen molar-refractivity contribution in [1.29, 1.82) is 0 Å². The van der Waals surface area contributed by atoms with Gasteiger partial charge in [-0.25, -0.2) is 0 Å². The second-order valence-corrected chi connectivity index (χ2v) is 7.80. The first-order valence-corrected chi connectivity index (χ1v) is 7.34. The van der Waals surface area contributed by atoms with E-state index in [4.69, 9.17) is 9.79 Å². The first kappa shape index (κ1) is 11.0. The Morgan fingerprint density at radius 2 is 1.83 bits per heavy atom. The van der Waals surface area contributed by atoms with Gasteiger partial charge >= 0.3 is 83.9 Å². The van der Waals surface area contributed by atoms with Crippen LogP contribution < -0.4 is 0 Å². The molecule has 1 rings (SSSR count). The summed E-state index contributed by atoms with van der Waals surface area (Å²) in [5, 5.41) is 0. The van der Waals surface area contributed by atoms with E-state index in [9.17, 15) is 0 Å². The monoisotopic (exact) mass is 252 g/mol. The van der Waals surface area contributed by atoms with Crippen LogP contribution in [-0.2, 0) is 0 Å². The van der Waals surface area contributed by atoms with E-state index < -0.39 is 8.38 Å². The van der Waals surface area contributed by atoms with Crippen LogP contribution in [0.4, 0.5) is 0 Å². The van der Waals surface area contributed by atoms with Crippen LogP contribution in [0.3, 0.4) is 0 Å². The first-order valence-electron chi connectivity index (χ1n) is 4.62. The molecule has 0 spiro atoms. The van der Waals surface area contributed by atoms with Gasteiger partial charge in [-0.2, -0.15) is 0 Å². The molecule has 0 heterocycles. The SMILES string of the molecule is OP(O)C([AsH2])CC1CCCCC1. The molecular weight excluding hydrogens is 234 g/mol. The molecule has 12 heavy (non-hydrogen) atoms. The Hall–Kier alpha value is 0.908. The molecule has 1 aliphatic carbocycles. The van der Waals surface area contributed by atoms with Gasteiger partial charge in [-0.3, -0.25) is 0 Å². The van der Waals surface area contributed by atoms with Crippen molar-refractivity contribution in [2.24, 2.45) is 5.92 Å². The Morgan fingerprint density at radius 1 is 1.25 bits per heavy atom. The molecule has 2 N–H and O–H groups in total. The molecule has 0 aromatic carbocycles. The van der Waals surface area contributed by atoms with Crippen molar-refractivity contribution in [3.63, 3.8) is 0 Å². The van der Waals surface area contributed by atoms with E-state index in [1.54, 1.807) is 0 Å². The van der Waals surface area contributed by atoms with E-state index in [1.807, 2.05) is 0 Å². The van der Waals surface area contributed by atoms with Crippen LogP contribution in [-0.4, -0.2) is 31.1 Å². The molecule has 0 aromatic rings. The van der Waals surface area contributed by atoms with Gasteiger partial charge in [-0.15, -0.1) is 0 Å². The predicted molar refractivity (Wildman–Crippen MR) is 54.9 cm³/mol. The zero-order valence-corrected chi connectivity index (χ0v) is 10.6. The topological polar surface area (TPSA) is 40.5 Å². The molecule has 72 valence electrons. The third kappa shape index (κ3) is 3.75. The summed E-state index contributed by atoms with van der Waals surface area (Å²) in [7, 11) is -1.66. The van der Waals surface area contributed by atoms with E-state index in [0.717, 1.165) is 12.3 Å². The molecule has 1 fully saturated rings. The van der Waals surface area contributed by atoms with Crippen LogP contribution in [0.1, 0.15) is 38.5 Å². The summed E-state index contributed by atoms with van der Waals surface area (Å²) in [4.78, 5) is 18.0. The summed E-state index contributed by atoms with van der Waals surface area (Å²) < 4.78 is 0.176. The van der Waals surface area contributed by atoms with E-state index in [1.165, 1.54) is 49.0 Å². The standard InChI is InChI=1S/C8H18AsO2P/c9-8(12(10)11)6-7-4-2-1-3-5-7/h7-8,10-11H,1-6,9H2. The molecule has 2 unspecified atom stereocenters. The minimum atomic E-state index is -1.66. The van der Waals surface area contributed by atoms with Crippen molar-refractivity contribution in [1.82, 2.24) is 0 Å². The van der Waals surface area contributed by atoms with Gasteiger partial charge in [0.05, 0.1) is 0 Å². The van der Waals surface area contributed by atoms with Crippen molar-refractivity contribution < 1.29 is 9.79 Å². The summed E-state index contributed by atoms with van der Waals surface area (Å²) in [5.74, 6) is 0.778. The van der Waals surface area contributed by atoms with Gasteiger partial charge in [-0.1, -0.05) is 0 Å². The summed E-state index contributed by atoms with van der Waals surface area (Å²) in [6.45, 7) is 0. The minimum absolute atomic E-state index is 0.176. The quantitative estimate of drug-likeness (QED) is 0.585. The summed E-state index contributed by atoms with van der Waals surface area (Å²) >= 11 is 1.49. The van der Waals surface area contributed by atoms with E-state index >= 15 is 0 Å². The maximum atomic E-state index is 8.99. The first-order chi connectivity index (χ1) is 5.70. The van der Waals surface area contributed by atoms with Crippen LogP contribution in [0.2, 0.25) is 0 Å². The molecule has 0 aliphatic heterocycles. The van der Waals surface area contributed by atoms with Crippen molar-refractivity contribution in [3.8, 4) is 0 Å². The van der Waals surface area contributed by atoms with Crippen LogP contribution in [0.25, 0.3) is 0 Å². The van der Waals surface area contributed by atoms with Gasteiger partial charge < -0.3 is 0 Å². The van der Waals surface area contributed by atoms with E-state index in [2.05, 4.69) is 0 Å². The number of hydrogen-bond acceptors (Lipinski definition) is 2.